The van der Waals surface area contributed by atoms with Gasteiger partial charge in [0.1, 0.15) is 5.75 Å². The molecule has 0 aromatic heterocycles. The number of rotatable bonds is 4. The fourth-order valence-electron chi connectivity index (χ4n) is 2.66. The van der Waals surface area contributed by atoms with E-state index >= 15 is 0 Å². The van der Waals surface area contributed by atoms with Gasteiger partial charge in [0, 0.05) is 6.04 Å². The van der Waals surface area contributed by atoms with E-state index in [0.717, 1.165) is 18.4 Å². The molecule has 0 aliphatic heterocycles. The molecule has 3 N–H and O–H groups in total. The molecule has 1 unspecified atom stereocenters. The minimum Gasteiger partial charge on any atom is -0.508 e. The number of phenols is 1. The van der Waals surface area contributed by atoms with Crippen molar-refractivity contribution in [2.24, 2.45) is 0 Å². The third-order valence-electron chi connectivity index (χ3n) is 3.87. The highest BCUT2D eigenvalue weighted by atomic mass is 16.3. The van der Waals surface area contributed by atoms with E-state index in [9.17, 15) is 10.2 Å². The second-order valence-corrected chi connectivity index (χ2v) is 5.42. The van der Waals surface area contributed by atoms with Crippen LogP contribution >= 0.6 is 0 Å². The van der Waals surface area contributed by atoms with E-state index in [1.165, 1.54) is 5.56 Å². The lowest BCUT2D eigenvalue weighted by molar-refractivity contribution is 0.0595. The molecule has 0 spiro atoms. The van der Waals surface area contributed by atoms with Crippen molar-refractivity contribution in [3.05, 3.63) is 65.7 Å². The number of nitrogens with one attached hydrogen (secondary N) is 1. The second kappa shape index (κ2) is 5.65. The van der Waals surface area contributed by atoms with E-state index in [1.54, 1.807) is 12.1 Å². The topological polar surface area (TPSA) is 52.5 Å². The Morgan fingerprint density at radius 1 is 0.900 bits per heavy atom. The average molecular weight is 269 g/mol. The SMILES string of the molecule is Oc1ccc(C(NC2CC(O)C2)c2ccccc2)cc1. The molecule has 1 aliphatic rings. The van der Waals surface area contributed by atoms with Gasteiger partial charge in [0.2, 0.25) is 0 Å². The number of hydrogen-bond donors (Lipinski definition) is 3. The first kappa shape index (κ1) is 13.2. The predicted octanol–water partition coefficient (Wildman–Crippen LogP) is 2.59. The summed E-state index contributed by atoms with van der Waals surface area (Å²) in [6.45, 7) is 0. The van der Waals surface area contributed by atoms with E-state index in [0.29, 0.717) is 6.04 Å². The molecule has 3 rings (SSSR count). The summed E-state index contributed by atoms with van der Waals surface area (Å²) in [5.41, 5.74) is 2.31. The van der Waals surface area contributed by atoms with E-state index in [-0.39, 0.29) is 17.9 Å². The largest absolute Gasteiger partial charge is 0.508 e. The third-order valence-corrected chi connectivity index (χ3v) is 3.87. The van der Waals surface area contributed by atoms with Crippen LogP contribution in [0.15, 0.2) is 54.6 Å². The van der Waals surface area contributed by atoms with Crippen LogP contribution in [0, 0.1) is 0 Å². The molecular formula is C17H19NO2. The van der Waals surface area contributed by atoms with E-state index < -0.39 is 0 Å². The summed E-state index contributed by atoms with van der Waals surface area (Å²) in [4.78, 5) is 0. The molecule has 3 nitrogen and oxygen atoms in total. The molecule has 2 aromatic rings. The summed E-state index contributed by atoms with van der Waals surface area (Å²) >= 11 is 0. The van der Waals surface area contributed by atoms with Gasteiger partial charge in [0.25, 0.3) is 0 Å². The van der Waals surface area contributed by atoms with Gasteiger partial charge < -0.3 is 15.5 Å². The summed E-state index contributed by atoms with van der Waals surface area (Å²) in [6.07, 6.45) is 1.45. The predicted molar refractivity (Wildman–Crippen MR) is 78.6 cm³/mol. The Bertz CT molecular complexity index is 547. The zero-order valence-corrected chi connectivity index (χ0v) is 11.2. The summed E-state index contributed by atoms with van der Waals surface area (Å²) < 4.78 is 0. The Morgan fingerprint density at radius 3 is 2.10 bits per heavy atom. The molecule has 0 saturated heterocycles. The van der Waals surface area contributed by atoms with E-state index in [1.807, 2.05) is 30.3 Å². The average Bonchev–Trinajstić information content (AvgIpc) is 2.44. The van der Waals surface area contributed by atoms with Crippen molar-refractivity contribution in [2.75, 3.05) is 0 Å². The first-order valence-corrected chi connectivity index (χ1v) is 7.00. The summed E-state index contributed by atoms with van der Waals surface area (Å²) in [6, 6.07) is 18.0. The van der Waals surface area contributed by atoms with Crippen molar-refractivity contribution in [1.29, 1.82) is 0 Å². The Labute approximate surface area is 118 Å². The van der Waals surface area contributed by atoms with Crippen LogP contribution in [0.5, 0.6) is 5.75 Å². The van der Waals surface area contributed by atoms with Gasteiger partial charge >= 0.3 is 0 Å². The summed E-state index contributed by atoms with van der Waals surface area (Å²) in [5.74, 6) is 0.277. The molecule has 0 heterocycles. The molecule has 1 aliphatic carbocycles. The maximum absolute atomic E-state index is 9.44. The number of phenolic OH excluding ortho intramolecular Hbond substituents is 1. The monoisotopic (exact) mass is 269 g/mol. The molecule has 1 atom stereocenters. The van der Waals surface area contributed by atoms with Gasteiger partial charge in [-0.1, -0.05) is 42.5 Å². The van der Waals surface area contributed by atoms with Crippen molar-refractivity contribution < 1.29 is 10.2 Å². The van der Waals surface area contributed by atoms with Gasteiger partial charge in [-0.25, -0.2) is 0 Å². The number of benzene rings is 2. The normalized spacial score (nSPS) is 23.1. The Morgan fingerprint density at radius 2 is 1.50 bits per heavy atom. The van der Waals surface area contributed by atoms with Gasteiger partial charge in [-0.05, 0) is 36.1 Å². The first-order valence-electron chi connectivity index (χ1n) is 7.00. The molecule has 104 valence electrons. The molecule has 1 fully saturated rings. The molecule has 0 amide bonds. The van der Waals surface area contributed by atoms with Crippen molar-refractivity contribution in [1.82, 2.24) is 5.32 Å². The molecule has 0 bridgehead atoms. The highest BCUT2D eigenvalue weighted by molar-refractivity contribution is 5.35. The third kappa shape index (κ3) is 2.84. The zero-order valence-electron chi connectivity index (χ0n) is 11.2. The van der Waals surface area contributed by atoms with Crippen LogP contribution in [-0.4, -0.2) is 22.4 Å². The lowest BCUT2D eigenvalue weighted by atomic mass is 9.87. The molecule has 2 aromatic carbocycles. The van der Waals surface area contributed by atoms with E-state index in [2.05, 4.69) is 17.4 Å². The fraction of sp³-hybridized carbons (Fsp3) is 0.294. The molecule has 20 heavy (non-hydrogen) atoms. The summed E-state index contributed by atoms with van der Waals surface area (Å²) in [5, 5.41) is 22.5. The van der Waals surface area contributed by atoms with Gasteiger partial charge in [-0.2, -0.15) is 0 Å². The maximum Gasteiger partial charge on any atom is 0.115 e. The molecule has 0 radical (unpaired) electrons. The quantitative estimate of drug-likeness (QED) is 0.799. The van der Waals surface area contributed by atoms with Crippen molar-refractivity contribution in [2.45, 2.75) is 31.0 Å². The highest BCUT2D eigenvalue weighted by Gasteiger charge is 2.29. The van der Waals surface area contributed by atoms with Crippen LogP contribution in [0.25, 0.3) is 0 Å². The number of aliphatic hydroxyl groups excluding tert-OH is 1. The van der Waals surface area contributed by atoms with Crippen LogP contribution in [0.4, 0.5) is 0 Å². The first-order chi connectivity index (χ1) is 9.72. The maximum atomic E-state index is 9.44. The van der Waals surface area contributed by atoms with E-state index in [4.69, 9.17) is 0 Å². The standard InChI is InChI=1S/C17H19NO2/c19-15-8-6-13(7-9-15)17(12-4-2-1-3-5-12)18-14-10-16(20)11-14/h1-9,14,16-20H,10-11H2. The van der Waals surface area contributed by atoms with Crippen LogP contribution in [0.2, 0.25) is 0 Å². The number of aliphatic hydroxyl groups is 1. The lowest BCUT2D eigenvalue weighted by Gasteiger charge is -2.36. The Kier molecular flexibility index (Phi) is 3.72. The Hall–Kier alpha value is -1.84. The summed E-state index contributed by atoms with van der Waals surface area (Å²) in [7, 11) is 0. The smallest absolute Gasteiger partial charge is 0.115 e. The molecule has 3 heteroatoms. The van der Waals surface area contributed by atoms with Gasteiger partial charge in [-0.15, -0.1) is 0 Å². The molecule has 1 saturated carbocycles. The van der Waals surface area contributed by atoms with Crippen LogP contribution in [0.3, 0.4) is 0 Å². The van der Waals surface area contributed by atoms with Gasteiger partial charge in [-0.3, -0.25) is 0 Å². The minimum absolute atomic E-state index is 0.0919. The highest BCUT2D eigenvalue weighted by Crippen LogP contribution is 2.28. The number of aromatic hydroxyl groups is 1. The Balaban J connectivity index is 1.85. The van der Waals surface area contributed by atoms with Crippen molar-refractivity contribution in [3.63, 3.8) is 0 Å². The van der Waals surface area contributed by atoms with Crippen LogP contribution in [-0.2, 0) is 0 Å². The minimum atomic E-state index is -0.163. The lowest BCUT2D eigenvalue weighted by Crippen LogP contribution is -2.45. The van der Waals surface area contributed by atoms with Crippen molar-refractivity contribution in [3.8, 4) is 5.75 Å². The van der Waals surface area contributed by atoms with Crippen LogP contribution < -0.4 is 5.32 Å². The van der Waals surface area contributed by atoms with Crippen molar-refractivity contribution >= 4 is 0 Å². The second-order valence-electron chi connectivity index (χ2n) is 5.42. The fourth-order valence-corrected chi connectivity index (χ4v) is 2.66. The number of hydrogen-bond acceptors (Lipinski definition) is 3. The zero-order chi connectivity index (χ0) is 13.9. The van der Waals surface area contributed by atoms with Crippen LogP contribution in [0.1, 0.15) is 30.0 Å². The van der Waals surface area contributed by atoms with Gasteiger partial charge in [0.15, 0.2) is 0 Å². The molecular weight excluding hydrogens is 250 g/mol. The van der Waals surface area contributed by atoms with Gasteiger partial charge in [0.05, 0.1) is 12.1 Å².